The minimum atomic E-state index is -0.512. The lowest BCUT2D eigenvalue weighted by atomic mass is 10.1. The van der Waals surface area contributed by atoms with E-state index < -0.39 is 6.03 Å². The molecule has 0 spiro atoms. The summed E-state index contributed by atoms with van der Waals surface area (Å²) in [6.07, 6.45) is 4.08. The van der Waals surface area contributed by atoms with Crippen LogP contribution in [-0.4, -0.2) is 6.03 Å². The number of hydrogen-bond donors (Lipinski definition) is 2. The molecule has 3 nitrogen and oxygen atoms in total. The molecule has 0 saturated heterocycles. The van der Waals surface area contributed by atoms with Crippen LogP contribution >= 0.6 is 0 Å². The topological polar surface area (TPSA) is 55.1 Å². The van der Waals surface area contributed by atoms with Gasteiger partial charge in [-0.1, -0.05) is 66.7 Å². The van der Waals surface area contributed by atoms with Crippen molar-refractivity contribution in [3.63, 3.8) is 0 Å². The summed E-state index contributed by atoms with van der Waals surface area (Å²) in [7, 11) is 0. The van der Waals surface area contributed by atoms with Gasteiger partial charge in [-0.25, -0.2) is 4.79 Å². The third kappa shape index (κ3) is 4.00. The number of primary amides is 1. The zero-order valence-corrected chi connectivity index (χ0v) is 10.5. The van der Waals surface area contributed by atoms with Crippen molar-refractivity contribution in [2.75, 3.05) is 0 Å². The summed E-state index contributed by atoms with van der Waals surface area (Å²) in [5.41, 5.74) is 8.33. The van der Waals surface area contributed by atoms with Crippen molar-refractivity contribution in [3.05, 3.63) is 71.3 Å². The highest BCUT2D eigenvalue weighted by atomic mass is 16.2. The Balaban J connectivity index is 2.16. The van der Waals surface area contributed by atoms with Gasteiger partial charge in [0, 0.05) is 6.54 Å². The molecule has 0 fully saturated rings. The van der Waals surface area contributed by atoms with E-state index in [2.05, 4.69) is 5.32 Å². The summed E-state index contributed by atoms with van der Waals surface area (Å²) in [5, 5.41) is 2.61. The van der Waals surface area contributed by atoms with Crippen molar-refractivity contribution in [2.24, 2.45) is 5.73 Å². The molecule has 2 rings (SSSR count). The molecular weight excluding hydrogens is 236 g/mol. The predicted molar refractivity (Wildman–Crippen MR) is 78.2 cm³/mol. The average Bonchev–Trinajstić information content (AvgIpc) is 2.45. The first-order valence-electron chi connectivity index (χ1n) is 6.10. The molecule has 0 aliphatic heterocycles. The smallest absolute Gasteiger partial charge is 0.312 e. The summed E-state index contributed by atoms with van der Waals surface area (Å²) >= 11 is 0. The Morgan fingerprint density at radius 3 is 2.42 bits per heavy atom. The molecule has 3 N–H and O–H groups in total. The zero-order chi connectivity index (χ0) is 13.5. The summed E-state index contributed by atoms with van der Waals surface area (Å²) in [6, 6.07) is 17.5. The number of amides is 2. The molecule has 0 atom stereocenters. The Kier molecular flexibility index (Phi) is 4.34. The van der Waals surface area contributed by atoms with Gasteiger partial charge in [0.1, 0.15) is 0 Å². The molecule has 0 aromatic heterocycles. The maximum atomic E-state index is 10.8. The Labute approximate surface area is 112 Å². The van der Waals surface area contributed by atoms with Crippen molar-refractivity contribution >= 4 is 18.2 Å². The van der Waals surface area contributed by atoms with Crippen molar-refractivity contribution in [1.82, 2.24) is 5.32 Å². The lowest BCUT2D eigenvalue weighted by molar-refractivity contribution is 0.248. The van der Waals surface area contributed by atoms with Gasteiger partial charge in [-0.05, 0) is 16.7 Å². The first-order chi connectivity index (χ1) is 9.25. The van der Waals surface area contributed by atoms with E-state index >= 15 is 0 Å². The summed E-state index contributed by atoms with van der Waals surface area (Å²) in [6.45, 7) is 0.435. The maximum Gasteiger partial charge on any atom is 0.312 e. The van der Waals surface area contributed by atoms with Crippen molar-refractivity contribution in [2.45, 2.75) is 6.54 Å². The highest BCUT2D eigenvalue weighted by Gasteiger charge is 1.99. The van der Waals surface area contributed by atoms with Gasteiger partial charge < -0.3 is 11.1 Å². The monoisotopic (exact) mass is 252 g/mol. The second-order valence-electron chi connectivity index (χ2n) is 4.16. The van der Waals surface area contributed by atoms with Gasteiger partial charge in [0.05, 0.1) is 0 Å². The first-order valence-corrected chi connectivity index (χ1v) is 6.10. The SMILES string of the molecule is NC(=O)NCc1ccccc1/C=C\c1ccccc1. The van der Waals surface area contributed by atoms with Gasteiger partial charge in [-0.15, -0.1) is 0 Å². The zero-order valence-electron chi connectivity index (χ0n) is 10.5. The summed E-state index contributed by atoms with van der Waals surface area (Å²) in [5.74, 6) is 0. The van der Waals surface area contributed by atoms with Crippen LogP contribution in [-0.2, 0) is 6.54 Å². The van der Waals surface area contributed by atoms with E-state index in [1.807, 2.05) is 66.7 Å². The fraction of sp³-hybridized carbons (Fsp3) is 0.0625. The first kappa shape index (κ1) is 12.9. The van der Waals surface area contributed by atoms with Crippen LogP contribution in [0, 0.1) is 0 Å². The number of nitrogens with one attached hydrogen (secondary N) is 1. The number of hydrogen-bond acceptors (Lipinski definition) is 1. The normalized spacial score (nSPS) is 10.5. The van der Waals surface area contributed by atoms with Crippen LogP contribution in [0.1, 0.15) is 16.7 Å². The van der Waals surface area contributed by atoms with Gasteiger partial charge in [0.25, 0.3) is 0 Å². The van der Waals surface area contributed by atoms with Crippen molar-refractivity contribution in [3.8, 4) is 0 Å². The lowest BCUT2D eigenvalue weighted by Crippen LogP contribution is -2.28. The van der Waals surface area contributed by atoms with Crippen molar-refractivity contribution in [1.29, 1.82) is 0 Å². The molecule has 19 heavy (non-hydrogen) atoms. The number of benzene rings is 2. The number of urea groups is 1. The Morgan fingerprint density at radius 2 is 1.68 bits per heavy atom. The van der Waals surface area contributed by atoms with Crippen LogP contribution < -0.4 is 11.1 Å². The number of carbonyl (C=O) groups excluding carboxylic acids is 1. The van der Waals surface area contributed by atoms with Crippen LogP contribution in [0.15, 0.2) is 54.6 Å². The van der Waals surface area contributed by atoms with Crippen LogP contribution in [0.5, 0.6) is 0 Å². The minimum Gasteiger partial charge on any atom is -0.352 e. The van der Waals surface area contributed by atoms with E-state index in [1.54, 1.807) is 0 Å². The fourth-order valence-corrected chi connectivity index (χ4v) is 1.79. The Hall–Kier alpha value is -2.55. The molecular formula is C16H16N2O. The number of rotatable bonds is 4. The van der Waals surface area contributed by atoms with E-state index in [1.165, 1.54) is 0 Å². The van der Waals surface area contributed by atoms with Gasteiger partial charge in [0.15, 0.2) is 0 Å². The summed E-state index contributed by atoms with van der Waals surface area (Å²) in [4.78, 5) is 10.8. The molecule has 3 heteroatoms. The highest BCUT2D eigenvalue weighted by Crippen LogP contribution is 2.13. The predicted octanol–water partition coefficient (Wildman–Crippen LogP) is 3.03. The molecule has 2 amide bonds. The largest absolute Gasteiger partial charge is 0.352 e. The minimum absolute atomic E-state index is 0.435. The molecule has 0 saturated carbocycles. The van der Waals surface area contributed by atoms with Crippen LogP contribution in [0.25, 0.3) is 12.2 Å². The van der Waals surface area contributed by atoms with E-state index in [0.717, 1.165) is 16.7 Å². The van der Waals surface area contributed by atoms with Gasteiger partial charge in [-0.3, -0.25) is 0 Å². The maximum absolute atomic E-state index is 10.8. The second-order valence-corrected chi connectivity index (χ2v) is 4.16. The number of nitrogens with two attached hydrogens (primary N) is 1. The molecule has 0 aliphatic carbocycles. The molecule has 96 valence electrons. The van der Waals surface area contributed by atoms with Crippen molar-refractivity contribution < 1.29 is 4.79 Å². The molecule has 2 aromatic rings. The summed E-state index contributed by atoms with van der Waals surface area (Å²) < 4.78 is 0. The standard InChI is InChI=1S/C16H16N2O/c17-16(19)18-12-15-9-5-4-8-14(15)11-10-13-6-2-1-3-7-13/h1-11H,12H2,(H3,17,18,19)/b11-10-. The lowest BCUT2D eigenvalue weighted by Gasteiger charge is -2.06. The van der Waals surface area contributed by atoms with Gasteiger partial charge in [-0.2, -0.15) is 0 Å². The van der Waals surface area contributed by atoms with E-state index in [4.69, 9.17) is 5.73 Å². The van der Waals surface area contributed by atoms with Gasteiger partial charge >= 0.3 is 6.03 Å². The third-order valence-electron chi connectivity index (χ3n) is 2.76. The third-order valence-corrected chi connectivity index (χ3v) is 2.76. The highest BCUT2D eigenvalue weighted by molar-refractivity contribution is 5.73. The van der Waals surface area contributed by atoms with E-state index in [0.29, 0.717) is 6.54 Å². The number of carbonyl (C=O) groups is 1. The average molecular weight is 252 g/mol. The molecule has 0 heterocycles. The quantitative estimate of drug-likeness (QED) is 0.807. The fourth-order valence-electron chi connectivity index (χ4n) is 1.79. The van der Waals surface area contributed by atoms with E-state index in [-0.39, 0.29) is 0 Å². The van der Waals surface area contributed by atoms with Crippen LogP contribution in [0.2, 0.25) is 0 Å². The van der Waals surface area contributed by atoms with E-state index in [9.17, 15) is 4.79 Å². The molecule has 0 bridgehead atoms. The molecule has 0 radical (unpaired) electrons. The Morgan fingerprint density at radius 1 is 1.00 bits per heavy atom. The second kappa shape index (κ2) is 6.40. The van der Waals surface area contributed by atoms with Crippen LogP contribution in [0.3, 0.4) is 0 Å². The van der Waals surface area contributed by atoms with Gasteiger partial charge in [0.2, 0.25) is 0 Å². The van der Waals surface area contributed by atoms with Crippen LogP contribution in [0.4, 0.5) is 4.79 Å². The molecule has 0 aliphatic rings. The Bertz CT molecular complexity index is 576. The molecule has 2 aromatic carbocycles. The molecule has 0 unspecified atom stereocenters.